The lowest BCUT2D eigenvalue weighted by molar-refractivity contribution is 0.209. The van der Waals surface area contributed by atoms with E-state index < -0.39 is 0 Å². The summed E-state index contributed by atoms with van der Waals surface area (Å²) in [5.41, 5.74) is 3.97. The van der Waals surface area contributed by atoms with Crippen LogP contribution in [0, 0.1) is 18.7 Å². The molecule has 1 N–H and O–H groups in total. The minimum absolute atomic E-state index is 0.235. The summed E-state index contributed by atoms with van der Waals surface area (Å²) in [6, 6.07) is 3.22. The summed E-state index contributed by atoms with van der Waals surface area (Å²) < 4.78 is 13.9. The molecule has 0 radical (unpaired) electrons. The first-order valence-corrected chi connectivity index (χ1v) is 11.6. The fourth-order valence-electron chi connectivity index (χ4n) is 4.56. The number of nitrogens with one attached hydrogen (secondary N) is 1. The molecule has 4 rings (SSSR count). The van der Waals surface area contributed by atoms with Gasteiger partial charge in [0, 0.05) is 18.2 Å². The van der Waals surface area contributed by atoms with Gasteiger partial charge in [-0.25, -0.2) is 19.3 Å². The maximum absolute atomic E-state index is 13.9. The molecule has 3 heterocycles. The van der Waals surface area contributed by atoms with Gasteiger partial charge in [0.15, 0.2) is 0 Å². The van der Waals surface area contributed by atoms with Crippen molar-refractivity contribution in [2.24, 2.45) is 5.92 Å². The van der Waals surface area contributed by atoms with E-state index in [4.69, 9.17) is 4.98 Å². The van der Waals surface area contributed by atoms with Crippen LogP contribution < -0.4 is 0 Å². The highest BCUT2D eigenvalue weighted by molar-refractivity contribution is 5.82. The fourth-order valence-corrected chi connectivity index (χ4v) is 4.56. The number of hydrogen-bond acceptors (Lipinski definition) is 4. The van der Waals surface area contributed by atoms with E-state index in [1.807, 2.05) is 6.20 Å². The lowest BCUT2D eigenvalue weighted by Crippen LogP contribution is -2.30. The molecule has 1 fully saturated rings. The molecule has 1 saturated heterocycles. The number of aryl methyl sites for hydroxylation is 2. The van der Waals surface area contributed by atoms with E-state index >= 15 is 0 Å². The molecule has 31 heavy (non-hydrogen) atoms. The Morgan fingerprint density at radius 1 is 1.16 bits per heavy atom. The zero-order chi connectivity index (χ0) is 22.0. The number of H-pyrrole nitrogens is 1. The smallest absolute Gasteiger partial charge is 0.141 e. The Labute approximate surface area is 184 Å². The number of fused-ring (bicyclic) bond motifs is 1. The van der Waals surface area contributed by atoms with E-state index in [0.717, 1.165) is 41.4 Å². The van der Waals surface area contributed by atoms with E-state index in [1.165, 1.54) is 44.8 Å². The van der Waals surface area contributed by atoms with E-state index in [-0.39, 0.29) is 11.7 Å². The van der Waals surface area contributed by atoms with Crippen LogP contribution in [0.1, 0.15) is 69.0 Å². The van der Waals surface area contributed by atoms with Crippen LogP contribution >= 0.6 is 0 Å². The number of hydrogen-bond donors (Lipinski definition) is 1. The first-order valence-electron chi connectivity index (χ1n) is 11.6. The summed E-state index contributed by atoms with van der Waals surface area (Å²) in [6.45, 7) is 8.52. The van der Waals surface area contributed by atoms with E-state index in [2.05, 4.69) is 40.7 Å². The number of imidazole rings is 1. The third-order valence-corrected chi connectivity index (χ3v) is 6.61. The van der Waals surface area contributed by atoms with Gasteiger partial charge in [-0.1, -0.05) is 26.7 Å². The number of aromatic amines is 1. The van der Waals surface area contributed by atoms with Gasteiger partial charge in [-0.2, -0.15) is 0 Å². The van der Waals surface area contributed by atoms with Gasteiger partial charge in [0.25, 0.3) is 0 Å². The Balaban J connectivity index is 1.45. The van der Waals surface area contributed by atoms with Crippen LogP contribution in [0.2, 0.25) is 0 Å². The molecule has 2 aromatic heterocycles. The molecule has 0 amide bonds. The molecule has 0 atom stereocenters. The number of benzene rings is 1. The third kappa shape index (κ3) is 4.95. The topological polar surface area (TPSA) is 57.7 Å². The second-order valence-electron chi connectivity index (χ2n) is 9.39. The number of likely N-dealkylation sites (tertiary alicyclic amines) is 1. The van der Waals surface area contributed by atoms with Gasteiger partial charge in [0.2, 0.25) is 0 Å². The molecular weight excluding hydrogens is 389 g/mol. The van der Waals surface area contributed by atoms with Gasteiger partial charge < -0.3 is 9.88 Å². The van der Waals surface area contributed by atoms with Crippen molar-refractivity contribution in [2.75, 3.05) is 20.1 Å². The van der Waals surface area contributed by atoms with Crippen molar-refractivity contribution in [3.63, 3.8) is 0 Å². The van der Waals surface area contributed by atoms with Gasteiger partial charge >= 0.3 is 0 Å². The van der Waals surface area contributed by atoms with Crippen molar-refractivity contribution in [3.8, 4) is 11.4 Å². The van der Waals surface area contributed by atoms with Gasteiger partial charge in [-0.05, 0) is 70.3 Å². The monoisotopic (exact) mass is 423 g/mol. The predicted octanol–water partition coefficient (Wildman–Crippen LogP) is 5.65. The molecule has 1 aliphatic rings. The Hall–Kier alpha value is -2.34. The summed E-state index contributed by atoms with van der Waals surface area (Å²) in [5, 5.41) is 0. The molecule has 1 aromatic carbocycles. The maximum atomic E-state index is 13.9. The normalized spacial score (nSPS) is 15.9. The van der Waals surface area contributed by atoms with E-state index in [9.17, 15) is 4.39 Å². The van der Waals surface area contributed by atoms with Crippen molar-refractivity contribution in [3.05, 3.63) is 41.2 Å². The van der Waals surface area contributed by atoms with E-state index in [0.29, 0.717) is 16.9 Å². The van der Waals surface area contributed by atoms with Crippen LogP contribution in [0.4, 0.5) is 4.39 Å². The molecule has 166 valence electrons. The Bertz CT molecular complexity index is 1030. The zero-order valence-corrected chi connectivity index (χ0v) is 19.2. The SMILES string of the molecule is Cc1c(F)ccc2[nH]c(-c3cnc(CCCCC4CCN(C)CC4)nc3C(C)C)nc12. The number of rotatable bonds is 7. The molecular formula is C25H34FN5. The molecule has 0 unspecified atom stereocenters. The van der Waals surface area contributed by atoms with E-state index in [1.54, 1.807) is 13.0 Å². The van der Waals surface area contributed by atoms with Crippen LogP contribution in [-0.2, 0) is 6.42 Å². The Morgan fingerprint density at radius 3 is 2.68 bits per heavy atom. The number of unbranched alkanes of at least 4 members (excludes halogenated alkanes) is 1. The largest absolute Gasteiger partial charge is 0.338 e. The minimum Gasteiger partial charge on any atom is -0.338 e. The van der Waals surface area contributed by atoms with Gasteiger partial charge in [-0.15, -0.1) is 0 Å². The van der Waals surface area contributed by atoms with Crippen LogP contribution in [0.15, 0.2) is 18.3 Å². The molecule has 0 bridgehead atoms. The maximum Gasteiger partial charge on any atom is 0.141 e. The summed E-state index contributed by atoms with van der Waals surface area (Å²) in [6.07, 6.45) is 9.16. The van der Waals surface area contributed by atoms with Crippen molar-refractivity contribution < 1.29 is 4.39 Å². The van der Waals surface area contributed by atoms with Crippen LogP contribution in [0.5, 0.6) is 0 Å². The molecule has 0 spiro atoms. The second kappa shape index (κ2) is 9.43. The van der Waals surface area contributed by atoms with Crippen molar-refractivity contribution in [2.45, 2.75) is 65.2 Å². The second-order valence-corrected chi connectivity index (χ2v) is 9.39. The predicted molar refractivity (Wildman–Crippen MR) is 124 cm³/mol. The van der Waals surface area contributed by atoms with Crippen molar-refractivity contribution in [1.82, 2.24) is 24.8 Å². The summed E-state index contributed by atoms with van der Waals surface area (Å²) >= 11 is 0. The Morgan fingerprint density at radius 2 is 1.94 bits per heavy atom. The fraction of sp³-hybridized carbons (Fsp3) is 0.560. The third-order valence-electron chi connectivity index (χ3n) is 6.61. The first kappa shape index (κ1) is 21.9. The highest BCUT2D eigenvalue weighted by Gasteiger charge is 2.18. The highest BCUT2D eigenvalue weighted by Crippen LogP contribution is 2.29. The standard InChI is InChI=1S/C25H34FN5/c1-16(2)23-19(25-28-21-10-9-20(26)17(3)24(21)30-25)15-27-22(29-23)8-6-5-7-18-11-13-31(4)14-12-18/h9-10,15-16,18H,5-8,11-14H2,1-4H3,(H,28,30). The number of halogens is 1. The van der Waals surface area contributed by atoms with Gasteiger partial charge in [0.05, 0.1) is 22.3 Å². The minimum atomic E-state index is -0.235. The summed E-state index contributed by atoms with van der Waals surface area (Å²) in [4.78, 5) is 20.0. The van der Waals surface area contributed by atoms with Crippen LogP contribution in [-0.4, -0.2) is 45.0 Å². The first-order chi connectivity index (χ1) is 14.9. The van der Waals surface area contributed by atoms with Gasteiger partial charge in [-0.3, -0.25) is 0 Å². The zero-order valence-electron chi connectivity index (χ0n) is 19.2. The molecule has 0 saturated carbocycles. The van der Waals surface area contributed by atoms with Crippen molar-refractivity contribution >= 4 is 11.0 Å². The summed E-state index contributed by atoms with van der Waals surface area (Å²) in [7, 11) is 2.22. The lowest BCUT2D eigenvalue weighted by atomic mass is 9.91. The quantitative estimate of drug-likeness (QED) is 0.499. The highest BCUT2D eigenvalue weighted by atomic mass is 19.1. The molecule has 5 nitrogen and oxygen atoms in total. The Kier molecular flexibility index (Phi) is 6.65. The average molecular weight is 424 g/mol. The van der Waals surface area contributed by atoms with Gasteiger partial charge in [0.1, 0.15) is 17.5 Å². The van der Waals surface area contributed by atoms with Crippen LogP contribution in [0.25, 0.3) is 22.4 Å². The van der Waals surface area contributed by atoms with Crippen LogP contribution in [0.3, 0.4) is 0 Å². The molecule has 0 aliphatic carbocycles. The molecule has 6 heteroatoms. The number of aromatic nitrogens is 4. The summed E-state index contributed by atoms with van der Waals surface area (Å²) in [5.74, 6) is 2.52. The lowest BCUT2D eigenvalue weighted by Gasteiger charge is -2.28. The average Bonchev–Trinajstić information content (AvgIpc) is 3.20. The molecule has 1 aliphatic heterocycles. The number of piperidine rings is 1. The molecule has 3 aromatic rings. The van der Waals surface area contributed by atoms with Crippen molar-refractivity contribution in [1.29, 1.82) is 0 Å². The number of nitrogens with zero attached hydrogens (tertiary/aromatic N) is 4.